The molecule has 362 valence electrons. The number of hydrogen-bond acceptors (Lipinski definition) is 3. The van der Waals surface area contributed by atoms with Crippen LogP contribution in [0.1, 0.15) is 26.3 Å². The van der Waals surface area contributed by atoms with Crippen molar-refractivity contribution in [3.63, 3.8) is 0 Å². The van der Waals surface area contributed by atoms with E-state index >= 15 is 0 Å². The summed E-state index contributed by atoms with van der Waals surface area (Å²) >= 11 is 0. The van der Waals surface area contributed by atoms with E-state index in [1.165, 1.54) is 75.7 Å². The van der Waals surface area contributed by atoms with Crippen LogP contribution in [0, 0.1) is 0 Å². The fourth-order valence-corrected chi connectivity index (χ4v) is 16.8. The normalized spacial score (nSPS) is 11.9. The Morgan fingerprint density at radius 1 is 0.368 bits per heavy atom. The summed E-state index contributed by atoms with van der Waals surface area (Å²) in [5.74, 6) is 0. The summed E-state index contributed by atoms with van der Waals surface area (Å²) in [4.78, 5) is 15.2. The predicted molar refractivity (Wildman–Crippen MR) is 321 cm³/mol. The third kappa shape index (κ3) is 8.13. The molecule has 0 aliphatic carbocycles. The highest BCUT2D eigenvalue weighted by atomic mass is 28.3. The van der Waals surface area contributed by atoms with Crippen molar-refractivity contribution < 1.29 is 0 Å². The molecule has 4 heterocycles. The van der Waals surface area contributed by atoms with Gasteiger partial charge in [-0.2, -0.15) is 0 Å². The second-order valence-electron chi connectivity index (χ2n) is 20.8. The summed E-state index contributed by atoms with van der Waals surface area (Å²) in [6.45, 7) is 6.92. The minimum atomic E-state index is -3.21. The van der Waals surface area contributed by atoms with Crippen LogP contribution in [0.4, 0.5) is 0 Å². The van der Waals surface area contributed by atoms with Crippen molar-refractivity contribution >= 4 is 56.0 Å². The van der Waals surface area contributed by atoms with Crippen LogP contribution in [0.25, 0.3) is 94.3 Å². The standard InChI is InChI=1S/C71H54N4Si/c1-71(2,3)54-38-41-60-63(47-54)69(51-34-32-50(33-35-51)66-48-75-45-42-53(46-67(75)74-66)49-20-7-4-8-21-49)59-27-14-13-26-58(59)68(60)52-36-39-57(40-37-52)76(55-22-9-5-10-23-55,56-24-11-6-12-25-56)70-61(64-30-15-17-43-72-64)28-19-29-62(70)65-31-16-18-44-73-65/h4-48H,1-3H3. The molecule has 0 saturated carbocycles. The van der Waals surface area contributed by atoms with Crippen molar-refractivity contribution in [3.8, 4) is 67.2 Å². The lowest BCUT2D eigenvalue weighted by Gasteiger charge is -2.37. The van der Waals surface area contributed by atoms with E-state index in [1.807, 2.05) is 24.5 Å². The van der Waals surface area contributed by atoms with Gasteiger partial charge in [0.25, 0.3) is 0 Å². The van der Waals surface area contributed by atoms with Gasteiger partial charge in [-0.1, -0.05) is 227 Å². The average Bonchev–Trinajstić information content (AvgIpc) is 4.06. The number of benzene rings is 9. The van der Waals surface area contributed by atoms with Gasteiger partial charge < -0.3 is 4.40 Å². The van der Waals surface area contributed by atoms with Crippen molar-refractivity contribution in [2.75, 3.05) is 0 Å². The van der Waals surface area contributed by atoms with Gasteiger partial charge in [-0.25, -0.2) is 4.98 Å². The molecule has 0 radical (unpaired) electrons. The first-order chi connectivity index (χ1) is 37.3. The minimum absolute atomic E-state index is 0.0607. The molecule has 0 aliphatic heterocycles. The first kappa shape index (κ1) is 46.5. The molecule has 0 bridgehead atoms. The zero-order valence-corrected chi connectivity index (χ0v) is 43.8. The van der Waals surface area contributed by atoms with Crippen LogP contribution < -0.4 is 20.7 Å². The fraction of sp³-hybridized carbons (Fsp3) is 0.0563. The molecule has 13 rings (SSSR count). The molecule has 13 aromatic rings. The third-order valence-electron chi connectivity index (χ3n) is 15.3. The monoisotopic (exact) mass is 990 g/mol. The van der Waals surface area contributed by atoms with Crippen molar-refractivity contribution in [2.45, 2.75) is 26.2 Å². The second-order valence-corrected chi connectivity index (χ2v) is 24.5. The van der Waals surface area contributed by atoms with Gasteiger partial charge in [0.2, 0.25) is 0 Å². The van der Waals surface area contributed by atoms with Gasteiger partial charge in [-0.3, -0.25) is 9.97 Å². The minimum Gasteiger partial charge on any atom is -0.306 e. The Bertz CT molecular complexity index is 4110. The van der Waals surface area contributed by atoms with E-state index in [4.69, 9.17) is 15.0 Å². The molecule has 0 N–H and O–H groups in total. The Labute approximate surface area is 445 Å². The molecular weight excluding hydrogens is 937 g/mol. The quantitative estimate of drug-likeness (QED) is 0.0779. The smallest absolute Gasteiger partial charge is 0.181 e. The molecule has 0 fully saturated rings. The molecule has 0 spiro atoms. The maximum atomic E-state index is 5.12. The van der Waals surface area contributed by atoms with Gasteiger partial charge in [0.15, 0.2) is 8.07 Å². The highest BCUT2D eigenvalue weighted by Crippen LogP contribution is 2.45. The molecule has 0 unspecified atom stereocenters. The first-order valence-corrected chi connectivity index (χ1v) is 28.2. The van der Waals surface area contributed by atoms with Crippen molar-refractivity contribution in [1.29, 1.82) is 0 Å². The number of rotatable bonds is 10. The molecule has 0 amide bonds. The summed E-state index contributed by atoms with van der Waals surface area (Å²) in [5, 5.41) is 10.0. The number of aromatic nitrogens is 4. The van der Waals surface area contributed by atoms with Gasteiger partial charge in [0.05, 0.1) is 17.1 Å². The highest BCUT2D eigenvalue weighted by Gasteiger charge is 2.45. The predicted octanol–water partition coefficient (Wildman–Crippen LogP) is 15.1. The molecule has 5 heteroatoms. The second kappa shape index (κ2) is 19.2. The van der Waals surface area contributed by atoms with E-state index < -0.39 is 8.07 Å². The van der Waals surface area contributed by atoms with E-state index in [1.54, 1.807) is 0 Å². The zero-order chi connectivity index (χ0) is 51.2. The lowest BCUT2D eigenvalue weighted by Crippen LogP contribution is -2.75. The summed E-state index contributed by atoms with van der Waals surface area (Å²) in [6, 6.07) is 91.1. The van der Waals surface area contributed by atoms with Crippen LogP contribution in [0.15, 0.2) is 274 Å². The summed E-state index contributed by atoms with van der Waals surface area (Å²) in [6.07, 6.45) is 8.04. The van der Waals surface area contributed by atoms with Crippen molar-refractivity contribution in [2.24, 2.45) is 0 Å². The summed E-state index contributed by atoms with van der Waals surface area (Å²) < 4.78 is 2.11. The number of pyridine rings is 3. The van der Waals surface area contributed by atoms with E-state index in [9.17, 15) is 0 Å². The van der Waals surface area contributed by atoms with Gasteiger partial charge in [0, 0.05) is 41.5 Å². The average molecular weight is 991 g/mol. The van der Waals surface area contributed by atoms with Crippen LogP contribution in [-0.2, 0) is 5.41 Å². The largest absolute Gasteiger partial charge is 0.306 e. The lowest BCUT2D eigenvalue weighted by atomic mass is 9.81. The third-order valence-corrected chi connectivity index (χ3v) is 20.2. The Hall–Kier alpha value is -9.29. The highest BCUT2D eigenvalue weighted by molar-refractivity contribution is 7.21. The number of imidazole rings is 1. The maximum absolute atomic E-state index is 5.12. The van der Waals surface area contributed by atoms with Gasteiger partial charge in [0.1, 0.15) is 5.65 Å². The molecule has 4 aromatic heterocycles. The van der Waals surface area contributed by atoms with Crippen LogP contribution >= 0.6 is 0 Å². The van der Waals surface area contributed by atoms with Crippen LogP contribution in [0.3, 0.4) is 0 Å². The van der Waals surface area contributed by atoms with Crippen molar-refractivity contribution in [1.82, 2.24) is 19.4 Å². The van der Waals surface area contributed by atoms with Gasteiger partial charge >= 0.3 is 0 Å². The Kier molecular flexibility index (Phi) is 11.7. The number of hydrogen-bond donors (Lipinski definition) is 0. The zero-order valence-electron chi connectivity index (χ0n) is 42.8. The first-order valence-electron chi connectivity index (χ1n) is 26.2. The Morgan fingerprint density at radius 3 is 1.43 bits per heavy atom. The van der Waals surface area contributed by atoms with Crippen molar-refractivity contribution in [3.05, 3.63) is 279 Å². The van der Waals surface area contributed by atoms with E-state index in [2.05, 4.69) is 274 Å². The van der Waals surface area contributed by atoms with Crippen LogP contribution in [-0.4, -0.2) is 27.4 Å². The summed E-state index contributed by atoms with van der Waals surface area (Å²) in [5.41, 5.74) is 15.4. The van der Waals surface area contributed by atoms with E-state index in [0.29, 0.717) is 0 Å². The molecule has 76 heavy (non-hydrogen) atoms. The number of nitrogens with zero attached hydrogens (tertiary/aromatic N) is 4. The molecule has 0 atom stereocenters. The molecule has 9 aromatic carbocycles. The fourth-order valence-electron chi connectivity index (χ4n) is 11.6. The maximum Gasteiger partial charge on any atom is 0.181 e. The van der Waals surface area contributed by atoms with Crippen LogP contribution in [0.5, 0.6) is 0 Å². The molecule has 4 nitrogen and oxygen atoms in total. The Morgan fingerprint density at radius 2 is 0.868 bits per heavy atom. The van der Waals surface area contributed by atoms with E-state index in [0.717, 1.165) is 45.0 Å². The SMILES string of the molecule is CC(C)(C)c1ccc2c(-c3ccc([Si](c4ccccc4)(c4ccccc4)c4c(-c5ccccn5)cccc4-c4ccccn4)cc3)c3ccccc3c(-c3ccc(-c4cn5ccc(-c6ccccc6)cc5n4)cc3)c2c1. The topological polar surface area (TPSA) is 43.1 Å². The molecular formula is C71H54N4Si. The van der Waals surface area contributed by atoms with E-state index in [-0.39, 0.29) is 5.41 Å². The Balaban J connectivity index is 1.00. The van der Waals surface area contributed by atoms with Gasteiger partial charge in [-0.05, 0) is 129 Å². The lowest BCUT2D eigenvalue weighted by molar-refractivity contribution is 0.591. The van der Waals surface area contributed by atoms with Gasteiger partial charge in [-0.15, -0.1) is 0 Å². The molecule has 0 saturated heterocycles. The summed E-state index contributed by atoms with van der Waals surface area (Å²) in [7, 11) is -3.21. The van der Waals surface area contributed by atoms with Crippen LogP contribution in [0.2, 0.25) is 0 Å². The molecule has 0 aliphatic rings. The number of fused-ring (bicyclic) bond motifs is 3.